The van der Waals surface area contributed by atoms with Crippen LogP contribution in [0.1, 0.15) is 31.0 Å². The molecule has 96 valence electrons. The second kappa shape index (κ2) is 9.14. The van der Waals surface area contributed by atoms with Crippen LogP contribution >= 0.6 is 0 Å². The highest BCUT2D eigenvalue weighted by Gasteiger charge is 1.95. The van der Waals surface area contributed by atoms with Gasteiger partial charge in [0.1, 0.15) is 0 Å². The van der Waals surface area contributed by atoms with Gasteiger partial charge in [-0.05, 0) is 43.9 Å². The summed E-state index contributed by atoms with van der Waals surface area (Å²) in [7, 11) is 1.73. The van der Waals surface area contributed by atoms with E-state index in [4.69, 9.17) is 4.74 Å². The summed E-state index contributed by atoms with van der Waals surface area (Å²) < 4.78 is 4.97. The van der Waals surface area contributed by atoms with Crippen molar-refractivity contribution < 1.29 is 4.74 Å². The number of aryl methyl sites for hydroxylation is 2. The first-order valence-electron chi connectivity index (χ1n) is 6.50. The average molecular weight is 236 g/mol. The average Bonchev–Trinajstić information content (AvgIpc) is 2.38. The third kappa shape index (κ3) is 6.39. The highest BCUT2D eigenvalue weighted by atomic mass is 16.5. The Kier molecular flexibility index (Phi) is 7.60. The van der Waals surface area contributed by atoms with Crippen molar-refractivity contribution >= 4 is 0 Å². The summed E-state index contributed by atoms with van der Waals surface area (Å²) in [6, 6.07) is 4.33. The number of rotatable bonds is 9. The summed E-state index contributed by atoms with van der Waals surface area (Å²) in [5.41, 5.74) is 2.52. The van der Waals surface area contributed by atoms with Gasteiger partial charge in [0, 0.05) is 25.5 Å². The van der Waals surface area contributed by atoms with Crippen molar-refractivity contribution in [3.05, 3.63) is 29.6 Å². The Labute approximate surface area is 105 Å². The molecule has 0 bridgehead atoms. The first kappa shape index (κ1) is 14.1. The number of ether oxygens (including phenoxy) is 1. The predicted molar refractivity (Wildman–Crippen MR) is 71.3 cm³/mol. The summed E-state index contributed by atoms with van der Waals surface area (Å²) in [5.74, 6) is 0. The van der Waals surface area contributed by atoms with Crippen molar-refractivity contribution in [1.29, 1.82) is 0 Å². The lowest BCUT2D eigenvalue weighted by atomic mass is 10.1. The molecule has 0 aliphatic carbocycles. The van der Waals surface area contributed by atoms with Crippen molar-refractivity contribution in [1.82, 2.24) is 10.3 Å². The molecule has 0 radical (unpaired) electrons. The molecule has 0 aliphatic rings. The van der Waals surface area contributed by atoms with E-state index < -0.39 is 0 Å². The van der Waals surface area contributed by atoms with E-state index in [0.29, 0.717) is 0 Å². The van der Waals surface area contributed by atoms with Crippen LogP contribution in [0.4, 0.5) is 0 Å². The smallest absolute Gasteiger partial charge is 0.0587 e. The van der Waals surface area contributed by atoms with Gasteiger partial charge < -0.3 is 10.1 Å². The lowest BCUT2D eigenvalue weighted by Crippen LogP contribution is -2.20. The van der Waals surface area contributed by atoms with Crippen LogP contribution in [-0.2, 0) is 17.6 Å². The van der Waals surface area contributed by atoms with Crippen LogP contribution < -0.4 is 5.32 Å². The zero-order valence-electron chi connectivity index (χ0n) is 11.0. The summed E-state index contributed by atoms with van der Waals surface area (Å²) in [6.45, 7) is 4.96. The monoisotopic (exact) mass is 236 g/mol. The maximum atomic E-state index is 4.97. The number of methoxy groups -OCH3 is 1. The lowest BCUT2D eigenvalue weighted by Gasteiger charge is -2.04. The largest absolute Gasteiger partial charge is 0.383 e. The minimum atomic E-state index is 0.792. The molecule has 0 amide bonds. The van der Waals surface area contributed by atoms with E-state index in [-0.39, 0.29) is 0 Å². The fourth-order valence-electron chi connectivity index (χ4n) is 1.67. The number of aromatic nitrogens is 1. The maximum absolute atomic E-state index is 4.97. The van der Waals surface area contributed by atoms with E-state index in [2.05, 4.69) is 29.4 Å². The first-order chi connectivity index (χ1) is 8.36. The lowest BCUT2D eigenvalue weighted by molar-refractivity contribution is 0.199. The molecule has 3 nitrogen and oxygen atoms in total. The zero-order chi connectivity index (χ0) is 12.3. The molecule has 0 saturated heterocycles. The number of hydrogen-bond donors (Lipinski definition) is 1. The Bertz CT molecular complexity index is 285. The topological polar surface area (TPSA) is 34.1 Å². The zero-order valence-corrected chi connectivity index (χ0v) is 11.0. The third-order valence-corrected chi connectivity index (χ3v) is 2.81. The number of nitrogens with zero attached hydrogens (tertiary/aromatic N) is 1. The molecule has 0 aromatic carbocycles. The highest BCUT2D eigenvalue weighted by Crippen LogP contribution is 2.04. The number of pyridine rings is 1. The molecular weight excluding hydrogens is 212 g/mol. The second-order valence-electron chi connectivity index (χ2n) is 4.21. The fraction of sp³-hybridized carbons (Fsp3) is 0.643. The van der Waals surface area contributed by atoms with E-state index in [9.17, 15) is 0 Å². The molecule has 1 N–H and O–H groups in total. The van der Waals surface area contributed by atoms with Crippen LogP contribution in [0.2, 0.25) is 0 Å². The van der Waals surface area contributed by atoms with E-state index in [1.165, 1.54) is 24.1 Å². The van der Waals surface area contributed by atoms with Crippen LogP contribution in [0.15, 0.2) is 18.3 Å². The number of unbranched alkanes of at least 4 members (excludes halogenated alkanes) is 1. The van der Waals surface area contributed by atoms with Gasteiger partial charge in [-0.1, -0.05) is 13.0 Å². The van der Waals surface area contributed by atoms with Crippen molar-refractivity contribution in [2.45, 2.75) is 32.6 Å². The minimum absolute atomic E-state index is 0.792. The molecule has 1 heterocycles. The quantitative estimate of drug-likeness (QED) is 0.667. The number of nitrogens with one attached hydrogen (secondary N) is 1. The molecule has 0 atom stereocenters. The van der Waals surface area contributed by atoms with Crippen LogP contribution in [0, 0.1) is 0 Å². The van der Waals surface area contributed by atoms with E-state index in [1.807, 2.05) is 6.20 Å². The summed E-state index contributed by atoms with van der Waals surface area (Å²) in [6.07, 6.45) is 6.53. The van der Waals surface area contributed by atoms with Crippen molar-refractivity contribution in [2.24, 2.45) is 0 Å². The van der Waals surface area contributed by atoms with Gasteiger partial charge >= 0.3 is 0 Å². The molecular formula is C14H24N2O. The van der Waals surface area contributed by atoms with Crippen LogP contribution in [-0.4, -0.2) is 31.8 Å². The third-order valence-electron chi connectivity index (χ3n) is 2.81. The van der Waals surface area contributed by atoms with Gasteiger partial charge in [0.15, 0.2) is 0 Å². The molecule has 0 spiro atoms. The Hall–Kier alpha value is -0.930. The van der Waals surface area contributed by atoms with Crippen LogP contribution in [0.5, 0.6) is 0 Å². The Morgan fingerprint density at radius 3 is 2.76 bits per heavy atom. The van der Waals surface area contributed by atoms with Gasteiger partial charge in [0.05, 0.1) is 6.61 Å². The van der Waals surface area contributed by atoms with Gasteiger partial charge in [0.25, 0.3) is 0 Å². The Balaban J connectivity index is 2.05. The minimum Gasteiger partial charge on any atom is -0.383 e. The van der Waals surface area contributed by atoms with Crippen molar-refractivity contribution in [2.75, 3.05) is 26.8 Å². The van der Waals surface area contributed by atoms with Crippen molar-refractivity contribution in [3.8, 4) is 0 Å². The summed E-state index contributed by atoms with van der Waals surface area (Å²) in [4.78, 5) is 4.46. The normalized spacial score (nSPS) is 10.7. The van der Waals surface area contributed by atoms with Gasteiger partial charge in [-0.15, -0.1) is 0 Å². The Morgan fingerprint density at radius 1 is 1.24 bits per heavy atom. The molecule has 0 unspecified atom stereocenters. The molecule has 3 heteroatoms. The standard InChI is InChI=1S/C14H24N2O/c1-3-13-7-8-14(16-12-13)6-4-5-9-15-10-11-17-2/h7-8,12,15H,3-6,9-11H2,1-2H3. The van der Waals surface area contributed by atoms with Gasteiger partial charge in [0.2, 0.25) is 0 Å². The van der Waals surface area contributed by atoms with Crippen molar-refractivity contribution in [3.63, 3.8) is 0 Å². The van der Waals surface area contributed by atoms with E-state index >= 15 is 0 Å². The van der Waals surface area contributed by atoms with E-state index in [1.54, 1.807) is 7.11 Å². The Morgan fingerprint density at radius 2 is 2.12 bits per heavy atom. The molecule has 17 heavy (non-hydrogen) atoms. The molecule has 0 fully saturated rings. The van der Waals surface area contributed by atoms with Crippen LogP contribution in [0.3, 0.4) is 0 Å². The molecule has 0 saturated carbocycles. The molecule has 1 aromatic rings. The van der Waals surface area contributed by atoms with Gasteiger partial charge in [-0.25, -0.2) is 0 Å². The SMILES string of the molecule is CCc1ccc(CCCCNCCOC)nc1. The fourth-order valence-corrected chi connectivity index (χ4v) is 1.67. The predicted octanol–water partition coefficient (Wildman–Crippen LogP) is 2.20. The highest BCUT2D eigenvalue weighted by molar-refractivity contribution is 5.13. The first-order valence-corrected chi connectivity index (χ1v) is 6.50. The summed E-state index contributed by atoms with van der Waals surface area (Å²) >= 11 is 0. The number of hydrogen-bond acceptors (Lipinski definition) is 3. The maximum Gasteiger partial charge on any atom is 0.0587 e. The molecule has 1 aromatic heterocycles. The summed E-state index contributed by atoms with van der Waals surface area (Å²) in [5, 5.41) is 3.35. The second-order valence-corrected chi connectivity index (χ2v) is 4.21. The van der Waals surface area contributed by atoms with Gasteiger partial charge in [-0.3, -0.25) is 4.98 Å². The van der Waals surface area contributed by atoms with Gasteiger partial charge in [-0.2, -0.15) is 0 Å². The molecule has 0 aliphatic heterocycles. The van der Waals surface area contributed by atoms with Crippen LogP contribution in [0.25, 0.3) is 0 Å². The van der Waals surface area contributed by atoms with E-state index in [0.717, 1.165) is 32.5 Å². The molecule has 1 rings (SSSR count).